The van der Waals surface area contributed by atoms with E-state index in [0.29, 0.717) is 32.5 Å². The van der Waals surface area contributed by atoms with Crippen molar-refractivity contribution in [2.45, 2.75) is 24.5 Å². The van der Waals surface area contributed by atoms with Crippen LogP contribution in [0, 0.1) is 5.92 Å². The molecule has 0 aromatic heterocycles. The summed E-state index contributed by atoms with van der Waals surface area (Å²) in [6.45, 7) is 1.50. The second-order valence-corrected chi connectivity index (χ2v) is 7.14. The monoisotopic (exact) mass is 246 g/mol. The first-order chi connectivity index (χ1) is 7.53. The first kappa shape index (κ1) is 11.9. The quantitative estimate of drug-likeness (QED) is 0.719. The number of carbonyl (C=O) groups is 1. The lowest BCUT2D eigenvalue weighted by atomic mass is 10.1. The van der Waals surface area contributed by atoms with E-state index in [2.05, 4.69) is 0 Å². The van der Waals surface area contributed by atoms with Crippen molar-refractivity contribution in [3.8, 4) is 0 Å². The standard InChI is InChI=1S/C10H18N2O3S/c11-5-8-4-10(13)12(6-8)7-9-2-1-3-16(9,14)15/h8-9H,1-7,11H2. The lowest BCUT2D eigenvalue weighted by molar-refractivity contribution is -0.127. The van der Waals surface area contributed by atoms with Gasteiger partial charge in [0.25, 0.3) is 0 Å². The number of nitrogens with two attached hydrogens (primary N) is 1. The number of nitrogens with zero attached hydrogens (tertiary/aromatic N) is 1. The minimum Gasteiger partial charge on any atom is -0.341 e. The van der Waals surface area contributed by atoms with E-state index in [0.717, 1.165) is 6.42 Å². The van der Waals surface area contributed by atoms with E-state index in [-0.39, 0.29) is 22.8 Å². The van der Waals surface area contributed by atoms with E-state index in [1.807, 2.05) is 0 Å². The van der Waals surface area contributed by atoms with Crippen molar-refractivity contribution in [3.05, 3.63) is 0 Å². The SMILES string of the molecule is NCC1CC(=O)N(CC2CCCS2(=O)=O)C1. The number of hydrogen-bond acceptors (Lipinski definition) is 4. The predicted molar refractivity (Wildman–Crippen MR) is 60.6 cm³/mol. The topological polar surface area (TPSA) is 80.5 Å². The highest BCUT2D eigenvalue weighted by atomic mass is 32.2. The van der Waals surface area contributed by atoms with Gasteiger partial charge in [-0.2, -0.15) is 0 Å². The van der Waals surface area contributed by atoms with Crippen molar-refractivity contribution < 1.29 is 13.2 Å². The molecule has 92 valence electrons. The Morgan fingerprint density at radius 2 is 2.19 bits per heavy atom. The van der Waals surface area contributed by atoms with Crippen LogP contribution in [0.4, 0.5) is 0 Å². The third-order valence-electron chi connectivity index (χ3n) is 3.51. The van der Waals surface area contributed by atoms with Crippen LogP contribution < -0.4 is 5.73 Å². The maximum Gasteiger partial charge on any atom is 0.223 e. The minimum absolute atomic E-state index is 0.0533. The number of sulfone groups is 1. The Labute approximate surface area is 95.9 Å². The molecule has 6 heteroatoms. The highest BCUT2D eigenvalue weighted by Crippen LogP contribution is 2.24. The Hall–Kier alpha value is -0.620. The molecule has 0 radical (unpaired) electrons. The summed E-state index contributed by atoms with van der Waals surface area (Å²) in [6, 6.07) is 0. The van der Waals surface area contributed by atoms with Gasteiger partial charge in [0.2, 0.25) is 5.91 Å². The number of amides is 1. The molecule has 0 bridgehead atoms. The van der Waals surface area contributed by atoms with Crippen LogP contribution in [0.1, 0.15) is 19.3 Å². The molecule has 0 aliphatic carbocycles. The molecule has 2 fully saturated rings. The fourth-order valence-corrected chi connectivity index (χ4v) is 4.33. The molecule has 2 aliphatic heterocycles. The first-order valence-electron chi connectivity index (χ1n) is 5.72. The summed E-state index contributed by atoms with van der Waals surface area (Å²) in [5, 5.41) is -0.340. The third-order valence-corrected chi connectivity index (χ3v) is 5.77. The van der Waals surface area contributed by atoms with Crippen LogP contribution in [0.25, 0.3) is 0 Å². The van der Waals surface area contributed by atoms with Gasteiger partial charge in [-0.3, -0.25) is 4.79 Å². The molecule has 0 aromatic rings. The van der Waals surface area contributed by atoms with Gasteiger partial charge in [-0.05, 0) is 25.3 Å². The van der Waals surface area contributed by atoms with Gasteiger partial charge in [0, 0.05) is 19.5 Å². The van der Waals surface area contributed by atoms with Crippen LogP contribution in [0.15, 0.2) is 0 Å². The Bertz CT molecular complexity index is 380. The van der Waals surface area contributed by atoms with Crippen molar-refractivity contribution in [3.63, 3.8) is 0 Å². The van der Waals surface area contributed by atoms with E-state index in [4.69, 9.17) is 5.73 Å². The lowest BCUT2D eigenvalue weighted by Gasteiger charge is -2.20. The zero-order valence-corrected chi connectivity index (χ0v) is 10.1. The van der Waals surface area contributed by atoms with Crippen LogP contribution in [-0.4, -0.2) is 49.9 Å². The first-order valence-corrected chi connectivity index (χ1v) is 7.44. The number of hydrogen-bond donors (Lipinski definition) is 1. The summed E-state index contributed by atoms with van der Waals surface area (Å²) < 4.78 is 23.3. The number of carbonyl (C=O) groups excluding carboxylic acids is 1. The van der Waals surface area contributed by atoms with Gasteiger partial charge < -0.3 is 10.6 Å². The molecule has 0 saturated carbocycles. The molecule has 1 amide bonds. The largest absolute Gasteiger partial charge is 0.341 e. The summed E-state index contributed by atoms with van der Waals surface area (Å²) >= 11 is 0. The molecular weight excluding hydrogens is 228 g/mol. The van der Waals surface area contributed by atoms with Crippen molar-refractivity contribution >= 4 is 15.7 Å². The van der Waals surface area contributed by atoms with Crippen LogP contribution in [0.2, 0.25) is 0 Å². The molecule has 2 saturated heterocycles. The van der Waals surface area contributed by atoms with Crippen LogP contribution >= 0.6 is 0 Å². The molecule has 5 nitrogen and oxygen atoms in total. The van der Waals surface area contributed by atoms with Crippen molar-refractivity contribution in [1.29, 1.82) is 0 Å². The molecule has 2 rings (SSSR count). The predicted octanol–water partition coefficient (Wildman–Crippen LogP) is -0.629. The summed E-state index contributed by atoms with van der Waals surface area (Å²) in [5.74, 6) is 0.536. The fourth-order valence-electron chi connectivity index (χ4n) is 2.50. The van der Waals surface area contributed by atoms with Gasteiger partial charge in [-0.25, -0.2) is 8.42 Å². The van der Waals surface area contributed by atoms with Crippen molar-refractivity contribution in [2.75, 3.05) is 25.4 Å². The molecule has 2 unspecified atom stereocenters. The van der Waals surface area contributed by atoms with Gasteiger partial charge in [-0.15, -0.1) is 0 Å². The van der Waals surface area contributed by atoms with Gasteiger partial charge in [0.1, 0.15) is 0 Å². The third kappa shape index (κ3) is 2.22. The maximum absolute atomic E-state index is 11.6. The van der Waals surface area contributed by atoms with Crippen LogP contribution in [0.3, 0.4) is 0 Å². The van der Waals surface area contributed by atoms with Gasteiger partial charge in [0.15, 0.2) is 9.84 Å². The molecule has 2 aliphatic rings. The zero-order valence-electron chi connectivity index (χ0n) is 9.26. The summed E-state index contributed by atoms with van der Waals surface area (Å²) in [7, 11) is -2.95. The number of rotatable bonds is 3. The normalized spacial score (nSPS) is 33.6. The van der Waals surface area contributed by atoms with E-state index < -0.39 is 9.84 Å². The molecule has 2 heterocycles. The summed E-state index contributed by atoms with van der Waals surface area (Å²) in [6.07, 6.45) is 1.90. The Morgan fingerprint density at radius 1 is 1.44 bits per heavy atom. The van der Waals surface area contributed by atoms with Crippen molar-refractivity contribution in [1.82, 2.24) is 4.90 Å². The molecule has 2 N–H and O–H groups in total. The van der Waals surface area contributed by atoms with Gasteiger partial charge >= 0.3 is 0 Å². The Balaban J connectivity index is 1.98. The second-order valence-electron chi connectivity index (χ2n) is 4.74. The summed E-state index contributed by atoms with van der Waals surface area (Å²) in [5.41, 5.74) is 5.52. The summed E-state index contributed by atoms with van der Waals surface area (Å²) in [4.78, 5) is 13.3. The van der Waals surface area contributed by atoms with E-state index >= 15 is 0 Å². The highest BCUT2D eigenvalue weighted by Gasteiger charge is 2.36. The number of likely N-dealkylation sites (tertiary alicyclic amines) is 1. The average Bonchev–Trinajstić information content (AvgIpc) is 2.72. The van der Waals surface area contributed by atoms with Crippen LogP contribution in [-0.2, 0) is 14.6 Å². The minimum atomic E-state index is -2.95. The Kier molecular flexibility index (Phi) is 3.21. The molecule has 0 spiro atoms. The van der Waals surface area contributed by atoms with Gasteiger partial charge in [-0.1, -0.05) is 0 Å². The fraction of sp³-hybridized carbons (Fsp3) is 0.900. The van der Waals surface area contributed by atoms with E-state index in [9.17, 15) is 13.2 Å². The van der Waals surface area contributed by atoms with Crippen LogP contribution in [0.5, 0.6) is 0 Å². The smallest absolute Gasteiger partial charge is 0.223 e. The highest BCUT2D eigenvalue weighted by molar-refractivity contribution is 7.92. The maximum atomic E-state index is 11.6. The van der Waals surface area contributed by atoms with E-state index in [1.54, 1.807) is 4.90 Å². The van der Waals surface area contributed by atoms with Gasteiger partial charge in [0.05, 0.1) is 11.0 Å². The molecule has 0 aromatic carbocycles. The molecule has 2 atom stereocenters. The molecular formula is C10H18N2O3S. The Morgan fingerprint density at radius 3 is 2.69 bits per heavy atom. The lowest BCUT2D eigenvalue weighted by Crippen LogP contribution is -2.36. The van der Waals surface area contributed by atoms with Crippen molar-refractivity contribution in [2.24, 2.45) is 11.7 Å². The van der Waals surface area contributed by atoms with E-state index in [1.165, 1.54) is 0 Å². The molecule has 16 heavy (non-hydrogen) atoms. The zero-order chi connectivity index (χ0) is 11.8. The average molecular weight is 246 g/mol. The second kappa shape index (κ2) is 4.33.